The van der Waals surface area contributed by atoms with Gasteiger partial charge in [0.1, 0.15) is 11.4 Å². The number of rotatable bonds is 8. The van der Waals surface area contributed by atoms with Gasteiger partial charge in [-0.2, -0.15) is 0 Å². The van der Waals surface area contributed by atoms with E-state index in [-0.39, 0.29) is 11.5 Å². The fourth-order valence-corrected chi connectivity index (χ4v) is 2.24. The molecule has 0 aliphatic rings. The molecule has 0 spiro atoms. The lowest BCUT2D eigenvalue weighted by Gasteiger charge is -2.10. The van der Waals surface area contributed by atoms with Crippen molar-refractivity contribution in [1.29, 1.82) is 0 Å². The number of nitro benzene ring substituents is 1. The van der Waals surface area contributed by atoms with E-state index >= 15 is 0 Å². The number of ketones is 1. The van der Waals surface area contributed by atoms with Crippen molar-refractivity contribution >= 4 is 29.2 Å². The molecule has 0 radical (unpaired) electrons. The molecule has 2 aromatic carbocycles. The van der Waals surface area contributed by atoms with Gasteiger partial charge in [0.2, 0.25) is 0 Å². The predicted octanol–water partition coefficient (Wildman–Crippen LogP) is 3.38. The summed E-state index contributed by atoms with van der Waals surface area (Å²) in [5.41, 5.74) is 1.20. The van der Waals surface area contributed by atoms with Crippen LogP contribution in [-0.4, -0.2) is 34.9 Å². The summed E-state index contributed by atoms with van der Waals surface area (Å²) in [6.45, 7) is 1.41. The number of carboxylic acids is 1. The number of nitrogens with one attached hydrogen (secondary N) is 1. The van der Waals surface area contributed by atoms with E-state index in [1.165, 1.54) is 49.4 Å². The van der Waals surface area contributed by atoms with Gasteiger partial charge in [0, 0.05) is 18.7 Å². The van der Waals surface area contributed by atoms with Crippen molar-refractivity contribution in [1.82, 2.24) is 0 Å². The number of ether oxygens (including phenoxy) is 1. The molecule has 0 aliphatic carbocycles. The number of allylic oxidation sites excluding steroid dienone is 1. The molecule has 0 saturated heterocycles. The van der Waals surface area contributed by atoms with Crippen molar-refractivity contribution in [2.45, 2.75) is 13.0 Å². The summed E-state index contributed by atoms with van der Waals surface area (Å²) in [7, 11) is 1.59. The van der Waals surface area contributed by atoms with Gasteiger partial charge >= 0.3 is 5.97 Å². The molecule has 0 bridgehead atoms. The number of anilines is 1. The number of carbonyl (C=O) groups excluding carboxylic acids is 1. The van der Waals surface area contributed by atoms with E-state index in [0.29, 0.717) is 22.6 Å². The minimum atomic E-state index is -1.09. The number of nitrogens with zero attached hydrogens (tertiary/aromatic N) is 1. The Balaban J connectivity index is 2.11. The van der Waals surface area contributed by atoms with Crippen molar-refractivity contribution in [2.75, 3.05) is 12.4 Å². The zero-order valence-electron chi connectivity index (χ0n) is 14.7. The maximum absolute atomic E-state index is 12.2. The summed E-state index contributed by atoms with van der Waals surface area (Å²) >= 11 is 0. The van der Waals surface area contributed by atoms with Gasteiger partial charge in [0.15, 0.2) is 11.9 Å². The molecule has 8 heteroatoms. The fourth-order valence-electron chi connectivity index (χ4n) is 2.24. The molecule has 0 aromatic heterocycles. The lowest BCUT2D eigenvalue weighted by molar-refractivity contribution is -0.384. The van der Waals surface area contributed by atoms with Crippen LogP contribution in [-0.2, 0) is 4.79 Å². The molecule has 0 unspecified atom stereocenters. The van der Waals surface area contributed by atoms with Crippen LogP contribution in [0.4, 0.5) is 11.4 Å². The molecule has 2 N–H and O–H groups in total. The Labute approximate surface area is 155 Å². The van der Waals surface area contributed by atoms with Crippen molar-refractivity contribution in [2.24, 2.45) is 0 Å². The third-order valence-electron chi connectivity index (χ3n) is 3.71. The van der Waals surface area contributed by atoms with E-state index in [2.05, 4.69) is 5.32 Å². The van der Waals surface area contributed by atoms with Gasteiger partial charge in [-0.15, -0.1) is 0 Å². The van der Waals surface area contributed by atoms with Gasteiger partial charge in [0.05, 0.1) is 4.92 Å². The zero-order chi connectivity index (χ0) is 20.0. The van der Waals surface area contributed by atoms with Crippen LogP contribution in [0, 0.1) is 10.1 Å². The Morgan fingerprint density at radius 2 is 1.89 bits per heavy atom. The molecule has 0 heterocycles. The topological polar surface area (TPSA) is 119 Å². The van der Waals surface area contributed by atoms with E-state index < -0.39 is 17.0 Å². The van der Waals surface area contributed by atoms with Crippen molar-refractivity contribution in [3.05, 3.63) is 69.8 Å². The average Bonchev–Trinajstić information content (AvgIpc) is 2.66. The standard InChI is InChI=1S/C19H18N2O6/c1-12(19(23)24)27-15-7-5-14(6-8-15)18(22)10-4-13-3-9-16(20-2)17(11-13)21(25)26/h3-12,20H,1-2H3,(H,23,24)/b10-4+/t12-/m0/s1. The summed E-state index contributed by atoms with van der Waals surface area (Å²) in [5.74, 6) is -1.05. The zero-order valence-corrected chi connectivity index (χ0v) is 14.7. The lowest BCUT2D eigenvalue weighted by atomic mass is 10.1. The van der Waals surface area contributed by atoms with Crippen molar-refractivity contribution in [3.63, 3.8) is 0 Å². The highest BCUT2D eigenvalue weighted by Gasteiger charge is 2.14. The van der Waals surface area contributed by atoms with Gasteiger partial charge in [-0.05, 0) is 48.9 Å². The summed E-state index contributed by atoms with van der Waals surface area (Å²) < 4.78 is 5.20. The van der Waals surface area contributed by atoms with E-state index in [1.54, 1.807) is 19.2 Å². The number of carbonyl (C=O) groups is 2. The monoisotopic (exact) mass is 370 g/mol. The van der Waals surface area contributed by atoms with Gasteiger partial charge < -0.3 is 15.2 Å². The summed E-state index contributed by atoms with van der Waals surface area (Å²) in [4.78, 5) is 33.6. The lowest BCUT2D eigenvalue weighted by Crippen LogP contribution is -2.22. The minimum Gasteiger partial charge on any atom is -0.479 e. The Kier molecular flexibility index (Phi) is 6.27. The second-order valence-corrected chi connectivity index (χ2v) is 5.60. The van der Waals surface area contributed by atoms with Crippen molar-refractivity contribution < 1.29 is 24.4 Å². The molecule has 2 rings (SSSR count). The third kappa shape index (κ3) is 5.15. The van der Waals surface area contributed by atoms with Crippen molar-refractivity contribution in [3.8, 4) is 5.75 Å². The SMILES string of the molecule is CNc1ccc(/C=C/C(=O)c2ccc(O[C@@H](C)C(=O)O)cc2)cc1[N+](=O)[O-]. The predicted molar refractivity (Wildman–Crippen MR) is 100 cm³/mol. The van der Waals surface area contributed by atoms with Crippen LogP contribution in [0.1, 0.15) is 22.8 Å². The van der Waals surface area contributed by atoms with E-state index in [4.69, 9.17) is 9.84 Å². The molecule has 0 saturated carbocycles. The number of aliphatic carboxylic acids is 1. The second-order valence-electron chi connectivity index (χ2n) is 5.60. The number of hydrogen-bond donors (Lipinski definition) is 2. The first-order valence-corrected chi connectivity index (χ1v) is 8.00. The summed E-state index contributed by atoms with van der Waals surface area (Å²) in [6.07, 6.45) is 1.81. The summed E-state index contributed by atoms with van der Waals surface area (Å²) in [5, 5.41) is 22.6. The van der Waals surface area contributed by atoms with E-state index in [1.807, 2.05) is 0 Å². The first kappa shape index (κ1) is 19.6. The van der Waals surface area contributed by atoms with Crippen LogP contribution in [0.5, 0.6) is 5.75 Å². The molecule has 0 aliphatic heterocycles. The Morgan fingerprint density at radius 1 is 1.22 bits per heavy atom. The fraction of sp³-hybridized carbons (Fsp3) is 0.158. The van der Waals surface area contributed by atoms with Crippen LogP contribution in [0.2, 0.25) is 0 Å². The Morgan fingerprint density at radius 3 is 2.44 bits per heavy atom. The first-order valence-electron chi connectivity index (χ1n) is 8.00. The quantitative estimate of drug-likeness (QED) is 0.316. The van der Waals surface area contributed by atoms with E-state index in [0.717, 1.165) is 0 Å². The highest BCUT2D eigenvalue weighted by Crippen LogP contribution is 2.25. The molecule has 8 nitrogen and oxygen atoms in total. The molecule has 2 aromatic rings. The van der Waals surface area contributed by atoms with Gasteiger partial charge in [-0.25, -0.2) is 4.79 Å². The van der Waals surface area contributed by atoms with Crippen LogP contribution < -0.4 is 10.1 Å². The number of hydrogen-bond acceptors (Lipinski definition) is 6. The first-order chi connectivity index (χ1) is 12.8. The highest BCUT2D eigenvalue weighted by atomic mass is 16.6. The Bertz CT molecular complexity index is 890. The highest BCUT2D eigenvalue weighted by molar-refractivity contribution is 6.06. The van der Waals surface area contributed by atoms with Gasteiger partial charge in [-0.3, -0.25) is 14.9 Å². The molecular weight excluding hydrogens is 352 g/mol. The maximum atomic E-state index is 12.2. The maximum Gasteiger partial charge on any atom is 0.344 e. The largest absolute Gasteiger partial charge is 0.479 e. The average molecular weight is 370 g/mol. The third-order valence-corrected chi connectivity index (χ3v) is 3.71. The molecule has 0 amide bonds. The van der Waals surface area contributed by atoms with Crippen LogP contribution in [0.15, 0.2) is 48.5 Å². The Hall–Kier alpha value is -3.68. The van der Waals surface area contributed by atoms with Crippen LogP contribution in [0.3, 0.4) is 0 Å². The smallest absolute Gasteiger partial charge is 0.344 e. The second kappa shape index (κ2) is 8.61. The van der Waals surface area contributed by atoms with Gasteiger partial charge in [0.25, 0.3) is 5.69 Å². The van der Waals surface area contributed by atoms with E-state index in [9.17, 15) is 19.7 Å². The molecular formula is C19H18N2O6. The minimum absolute atomic E-state index is 0.0823. The number of benzene rings is 2. The van der Waals surface area contributed by atoms with Crippen LogP contribution >= 0.6 is 0 Å². The molecule has 27 heavy (non-hydrogen) atoms. The summed E-state index contributed by atoms with van der Waals surface area (Å²) in [6, 6.07) is 10.6. The number of carboxylic acid groups (broad SMARTS) is 1. The molecule has 140 valence electrons. The van der Waals surface area contributed by atoms with Crippen LogP contribution in [0.25, 0.3) is 6.08 Å². The molecule has 1 atom stereocenters. The van der Waals surface area contributed by atoms with Gasteiger partial charge in [-0.1, -0.05) is 12.1 Å². The normalized spacial score (nSPS) is 11.8. The number of nitro groups is 1. The molecule has 0 fully saturated rings.